The predicted molar refractivity (Wildman–Crippen MR) is 122 cm³/mol. The molecular weight excluding hydrogens is 390 g/mol. The largest absolute Gasteiger partial charge is 0.489 e. The number of benzene rings is 2. The van der Waals surface area contributed by atoms with E-state index in [9.17, 15) is 9.59 Å². The average Bonchev–Trinajstić information content (AvgIpc) is 3.29. The summed E-state index contributed by atoms with van der Waals surface area (Å²) in [5, 5.41) is 2.98. The van der Waals surface area contributed by atoms with Crippen LogP contribution in [0.15, 0.2) is 54.6 Å². The molecule has 3 N–H and O–H groups in total. The van der Waals surface area contributed by atoms with Crippen molar-refractivity contribution in [2.24, 2.45) is 5.73 Å². The molecule has 1 aliphatic heterocycles. The number of nitrogens with two attached hydrogens (primary N) is 1. The molecule has 3 rings (SSSR count). The number of unbranched alkanes of at least 4 members (excludes halogenated alkanes) is 2. The number of hydrogen-bond acceptors (Lipinski definition) is 4. The topological polar surface area (TPSA) is 84.7 Å². The van der Waals surface area contributed by atoms with Crippen LogP contribution in [0.4, 0.5) is 0 Å². The van der Waals surface area contributed by atoms with Crippen LogP contribution < -0.4 is 15.8 Å². The number of carbonyl (C=O) groups excluding carboxylic acids is 2. The molecule has 0 aliphatic carbocycles. The molecule has 1 aliphatic rings. The second-order valence-corrected chi connectivity index (χ2v) is 7.98. The molecule has 1 heterocycles. The Morgan fingerprint density at radius 2 is 1.77 bits per heavy atom. The first-order chi connectivity index (χ1) is 15.2. The van der Waals surface area contributed by atoms with Gasteiger partial charge >= 0.3 is 0 Å². The van der Waals surface area contributed by atoms with Crippen LogP contribution in [0, 0.1) is 0 Å². The smallest absolute Gasteiger partial charge is 0.242 e. The second kappa shape index (κ2) is 12.1. The van der Waals surface area contributed by atoms with Crippen LogP contribution in [0.5, 0.6) is 5.75 Å². The fourth-order valence-corrected chi connectivity index (χ4v) is 3.83. The Balaban J connectivity index is 1.46. The number of ether oxygens (including phenoxy) is 1. The van der Waals surface area contributed by atoms with Gasteiger partial charge in [0.1, 0.15) is 18.4 Å². The lowest BCUT2D eigenvalue weighted by atomic mass is 10.1. The normalized spacial score (nSPS) is 15.6. The summed E-state index contributed by atoms with van der Waals surface area (Å²) >= 11 is 0. The lowest BCUT2D eigenvalue weighted by Gasteiger charge is -2.24. The molecule has 0 radical (unpaired) electrons. The third-order valence-corrected chi connectivity index (χ3v) is 5.58. The molecule has 6 nitrogen and oxygen atoms in total. The van der Waals surface area contributed by atoms with Crippen molar-refractivity contribution in [3.8, 4) is 5.75 Å². The first-order valence-electron chi connectivity index (χ1n) is 11.2. The summed E-state index contributed by atoms with van der Waals surface area (Å²) in [6.45, 7) is 2.47. The highest BCUT2D eigenvalue weighted by Crippen LogP contribution is 2.20. The summed E-state index contributed by atoms with van der Waals surface area (Å²) in [6.07, 6.45) is 4.78. The maximum atomic E-state index is 12.8. The lowest BCUT2D eigenvalue weighted by Crippen LogP contribution is -2.46. The average molecular weight is 424 g/mol. The van der Waals surface area contributed by atoms with E-state index in [1.807, 2.05) is 54.6 Å². The van der Waals surface area contributed by atoms with E-state index < -0.39 is 0 Å². The zero-order valence-electron chi connectivity index (χ0n) is 18.1. The maximum absolute atomic E-state index is 12.8. The van der Waals surface area contributed by atoms with E-state index in [0.29, 0.717) is 32.7 Å². The summed E-state index contributed by atoms with van der Waals surface area (Å²) in [4.78, 5) is 27.1. The summed E-state index contributed by atoms with van der Waals surface area (Å²) in [6, 6.07) is 17.3. The molecule has 1 unspecified atom stereocenters. The molecule has 2 amide bonds. The molecule has 1 fully saturated rings. The van der Waals surface area contributed by atoms with Gasteiger partial charge in [-0.1, -0.05) is 48.9 Å². The number of nitrogens with zero attached hydrogens (tertiary/aromatic N) is 1. The highest BCUT2D eigenvalue weighted by Gasteiger charge is 2.33. The third kappa shape index (κ3) is 7.10. The number of amides is 2. The Morgan fingerprint density at radius 1 is 1.00 bits per heavy atom. The van der Waals surface area contributed by atoms with Gasteiger partial charge in [-0.05, 0) is 55.5 Å². The Labute approximate surface area is 184 Å². The van der Waals surface area contributed by atoms with Crippen molar-refractivity contribution in [1.29, 1.82) is 0 Å². The molecule has 0 aromatic heterocycles. The number of likely N-dealkylation sites (tertiary alicyclic amines) is 1. The van der Waals surface area contributed by atoms with Gasteiger partial charge in [0.15, 0.2) is 0 Å². The van der Waals surface area contributed by atoms with Crippen LogP contribution in [0.1, 0.15) is 43.2 Å². The van der Waals surface area contributed by atoms with Crippen molar-refractivity contribution in [2.45, 2.75) is 51.2 Å². The number of rotatable bonds is 11. The van der Waals surface area contributed by atoms with Gasteiger partial charge < -0.3 is 20.7 Å². The minimum Gasteiger partial charge on any atom is -0.489 e. The van der Waals surface area contributed by atoms with Crippen LogP contribution >= 0.6 is 0 Å². The standard InChI is InChI=1S/C25H33N3O3/c26-15-5-2-6-16-27-25(30)23-10-7-17-28(23)24(29)18-20-11-13-22(14-12-20)31-19-21-8-3-1-4-9-21/h1,3-4,8-9,11-14,23H,2,5-7,10,15-19,26H2,(H,27,30). The Morgan fingerprint density at radius 3 is 2.52 bits per heavy atom. The van der Waals surface area contributed by atoms with E-state index in [4.69, 9.17) is 10.5 Å². The zero-order valence-corrected chi connectivity index (χ0v) is 18.1. The van der Waals surface area contributed by atoms with E-state index in [0.717, 1.165) is 49.0 Å². The van der Waals surface area contributed by atoms with Gasteiger partial charge in [-0.3, -0.25) is 9.59 Å². The van der Waals surface area contributed by atoms with Crippen LogP contribution in [0.25, 0.3) is 0 Å². The molecule has 0 bridgehead atoms. The molecule has 2 aromatic carbocycles. The number of carbonyl (C=O) groups is 2. The molecular formula is C25H33N3O3. The van der Waals surface area contributed by atoms with Crippen LogP contribution in [-0.4, -0.2) is 42.4 Å². The Kier molecular flexibility index (Phi) is 8.91. The first kappa shape index (κ1) is 22.8. The van der Waals surface area contributed by atoms with Gasteiger partial charge in [0.25, 0.3) is 0 Å². The predicted octanol–water partition coefficient (Wildman–Crippen LogP) is 3.04. The highest BCUT2D eigenvalue weighted by atomic mass is 16.5. The Bertz CT molecular complexity index is 824. The SMILES string of the molecule is NCCCCCNC(=O)C1CCCN1C(=O)Cc1ccc(OCc2ccccc2)cc1. The number of nitrogens with one attached hydrogen (secondary N) is 1. The van der Waals surface area contributed by atoms with Crippen LogP contribution in [0.3, 0.4) is 0 Å². The summed E-state index contributed by atoms with van der Waals surface area (Å²) in [5.41, 5.74) is 7.53. The Hall–Kier alpha value is -2.86. The van der Waals surface area contributed by atoms with Crippen molar-refractivity contribution >= 4 is 11.8 Å². The minimum absolute atomic E-state index is 0.00117. The van der Waals surface area contributed by atoms with Gasteiger partial charge in [-0.2, -0.15) is 0 Å². The van der Waals surface area contributed by atoms with Gasteiger partial charge in [0.05, 0.1) is 6.42 Å². The monoisotopic (exact) mass is 423 g/mol. The van der Waals surface area contributed by atoms with Crippen LogP contribution in [0.2, 0.25) is 0 Å². The van der Waals surface area contributed by atoms with E-state index in [2.05, 4.69) is 5.32 Å². The summed E-state index contributed by atoms with van der Waals surface area (Å²) < 4.78 is 5.81. The van der Waals surface area contributed by atoms with Crippen molar-refractivity contribution < 1.29 is 14.3 Å². The molecule has 6 heteroatoms. The van der Waals surface area contributed by atoms with Gasteiger partial charge in [-0.25, -0.2) is 0 Å². The molecule has 2 aromatic rings. The highest BCUT2D eigenvalue weighted by molar-refractivity contribution is 5.89. The molecule has 1 atom stereocenters. The van der Waals surface area contributed by atoms with Crippen molar-refractivity contribution in [1.82, 2.24) is 10.2 Å². The van der Waals surface area contributed by atoms with Crippen LogP contribution in [-0.2, 0) is 22.6 Å². The fraction of sp³-hybridized carbons (Fsp3) is 0.440. The van der Waals surface area contributed by atoms with Gasteiger partial charge in [0, 0.05) is 13.1 Å². The lowest BCUT2D eigenvalue weighted by molar-refractivity contribution is -0.137. The molecule has 0 spiro atoms. The molecule has 1 saturated heterocycles. The van der Waals surface area contributed by atoms with Gasteiger partial charge in [0.2, 0.25) is 11.8 Å². The van der Waals surface area contributed by atoms with E-state index >= 15 is 0 Å². The molecule has 166 valence electrons. The van der Waals surface area contributed by atoms with Crippen molar-refractivity contribution in [3.63, 3.8) is 0 Å². The number of hydrogen-bond donors (Lipinski definition) is 2. The van der Waals surface area contributed by atoms with Crippen molar-refractivity contribution in [2.75, 3.05) is 19.6 Å². The zero-order chi connectivity index (χ0) is 21.9. The third-order valence-electron chi connectivity index (χ3n) is 5.58. The van der Waals surface area contributed by atoms with Crippen molar-refractivity contribution in [3.05, 3.63) is 65.7 Å². The van der Waals surface area contributed by atoms with E-state index in [1.54, 1.807) is 4.90 Å². The molecule has 0 saturated carbocycles. The van der Waals surface area contributed by atoms with Gasteiger partial charge in [-0.15, -0.1) is 0 Å². The minimum atomic E-state index is -0.351. The summed E-state index contributed by atoms with van der Waals surface area (Å²) in [5.74, 6) is 0.732. The quantitative estimate of drug-likeness (QED) is 0.544. The second-order valence-electron chi connectivity index (χ2n) is 7.98. The first-order valence-corrected chi connectivity index (χ1v) is 11.2. The van der Waals surface area contributed by atoms with E-state index in [1.165, 1.54) is 0 Å². The summed E-state index contributed by atoms with van der Waals surface area (Å²) in [7, 11) is 0. The fourth-order valence-electron chi connectivity index (χ4n) is 3.83. The van der Waals surface area contributed by atoms with E-state index in [-0.39, 0.29) is 17.9 Å². The maximum Gasteiger partial charge on any atom is 0.242 e. The molecule has 31 heavy (non-hydrogen) atoms.